The van der Waals surface area contributed by atoms with Crippen LogP contribution in [0.3, 0.4) is 0 Å². The van der Waals surface area contributed by atoms with Gasteiger partial charge < -0.3 is 38.5 Å². The first kappa shape index (κ1) is 87.2. The number of sulfonamides is 4. The highest BCUT2D eigenvalue weighted by Gasteiger charge is 2.38. The van der Waals surface area contributed by atoms with Gasteiger partial charge in [-0.15, -0.1) is 11.8 Å². The van der Waals surface area contributed by atoms with Crippen molar-refractivity contribution in [1.29, 1.82) is 0 Å². The Kier molecular flexibility index (Phi) is 30.0. The molecule has 8 N–H and O–H groups in total. The number of rotatable bonds is 22. The highest BCUT2D eigenvalue weighted by molar-refractivity contribution is 7.90. The minimum absolute atomic E-state index is 0.00451. The van der Waals surface area contributed by atoms with Crippen LogP contribution in [0.5, 0.6) is 23.0 Å². The minimum Gasteiger partial charge on any atom is -0.489 e. The lowest BCUT2D eigenvalue weighted by Gasteiger charge is -2.19. The highest BCUT2D eigenvalue weighted by atomic mass is 35.5. The summed E-state index contributed by atoms with van der Waals surface area (Å²) < 4.78 is 114. The number of amides is 4. The number of hydrogen-bond acceptors (Lipinski definition) is 16. The van der Waals surface area contributed by atoms with Gasteiger partial charge in [0.2, 0.25) is 63.7 Å². The molecule has 0 spiro atoms. The van der Waals surface area contributed by atoms with Gasteiger partial charge in [0.1, 0.15) is 49.4 Å². The molecular formula is C81H82Cl4N8O16S4. The molecule has 4 saturated heterocycles. The van der Waals surface area contributed by atoms with Gasteiger partial charge in [-0.1, -0.05) is 108 Å². The first-order chi connectivity index (χ1) is 53.5. The van der Waals surface area contributed by atoms with Crippen molar-refractivity contribution < 1.29 is 71.8 Å². The molecule has 0 aliphatic carbocycles. The number of benzene rings is 8. The van der Waals surface area contributed by atoms with Gasteiger partial charge >= 0.3 is 0 Å². The zero-order valence-corrected chi connectivity index (χ0v) is 68.1. The largest absolute Gasteiger partial charge is 0.489 e. The maximum atomic E-state index is 12.6. The number of hydrogen-bond donors (Lipinski definition) is 4. The molecule has 0 aromatic heterocycles. The number of primary sulfonamides is 4. The number of nitrogens with zero attached hydrogens (tertiary/aromatic N) is 4. The monoisotopic (exact) mass is 1690 g/mol. The van der Waals surface area contributed by atoms with Crippen LogP contribution in [0.1, 0.15) is 106 Å². The van der Waals surface area contributed by atoms with Crippen molar-refractivity contribution in [3.8, 4) is 46.7 Å². The molecule has 4 aliphatic heterocycles. The Morgan fingerprint density at radius 3 is 0.903 bits per heavy atom. The molecule has 12 rings (SSSR count). The Labute approximate surface area is 678 Å². The van der Waals surface area contributed by atoms with Gasteiger partial charge in [0, 0.05) is 125 Å². The van der Waals surface area contributed by atoms with Gasteiger partial charge in [-0.3, -0.25) is 19.2 Å². The quantitative estimate of drug-likeness (QED) is 0.0362. The summed E-state index contributed by atoms with van der Waals surface area (Å²) in [5.41, 5.74) is 7.25. The van der Waals surface area contributed by atoms with E-state index >= 15 is 0 Å². The molecule has 8 aromatic carbocycles. The average Bonchev–Trinajstić information content (AvgIpc) is 1.68. The lowest BCUT2D eigenvalue weighted by Crippen LogP contribution is -2.24. The zero-order valence-electron chi connectivity index (χ0n) is 61.8. The topological polar surface area (TPSA) is 359 Å². The van der Waals surface area contributed by atoms with Crippen LogP contribution in [-0.2, 0) is 59.3 Å². The predicted octanol–water partition coefficient (Wildman–Crippen LogP) is 13.1. The van der Waals surface area contributed by atoms with Crippen LogP contribution in [0.15, 0.2) is 214 Å². The molecule has 24 nitrogen and oxygen atoms in total. The van der Waals surface area contributed by atoms with E-state index in [9.17, 15) is 52.8 Å². The van der Waals surface area contributed by atoms with E-state index < -0.39 is 40.1 Å². The molecular weight excluding hydrogens is 1610 g/mol. The highest BCUT2D eigenvalue weighted by Crippen LogP contribution is 2.43. The van der Waals surface area contributed by atoms with Crippen molar-refractivity contribution >= 4 is 133 Å². The fourth-order valence-electron chi connectivity index (χ4n) is 12.7. The van der Waals surface area contributed by atoms with Crippen LogP contribution in [0.25, 0.3) is 0 Å². The number of carbonyl (C=O) groups is 4. The number of anilines is 4. The number of halogens is 4. The van der Waals surface area contributed by atoms with Crippen LogP contribution in [0, 0.1) is 23.7 Å². The number of allylic oxidation sites excluding steroid dienone is 1. The molecule has 4 unspecified atom stereocenters. The fourth-order valence-corrected chi connectivity index (χ4v) is 15.4. The maximum absolute atomic E-state index is 12.6. The third-order valence-corrected chi connectivity index (χ3v) is 22.9. The molecule has 4 fully saturated rings. The third-order valence-electron chi connectivity index (χ3n) is 18.2. The van der Waals surface area contributed by atoms with E-state index in [-0.39, 0.29) is 80.1 Å². The molecule has 4 heterocycles. The Morgan fingerprint density at radius 2 is 0.664 bits per heavy atom. The summed E-state index contributed by atoms with van der Waals surface area (Å²) in [5.74, 6) is 13.6. The van der Waals surface area contributed by atoms with E-state index in [2.05, 4.69) is 30.3 Å². The second-order valence-corrected chi connectivity index (χ2v) is 34.4. The molecule has 113 heavy (non-hydrogen) atoms. The molecule has 4 aliphatic rings. The lowest BCUT2D eigenvalue weighted by atomic mass is 9.97. The predicted molar refractivity (Wildman–Crippen MR) is 439 cm³/mol. The third kappa shape index (κ3) is 23.9. The van der Waals surface area contributed by atoms with Gasteiger partial charge in [0.25, 0.3) is 0 Å². The van der Waals surface area contributed by atoms with Gasteiger partial charge in [-0.05, 0) is 195 Å². The Bertz CT molecular complexity index is 5510. The lowest BCUT2D eigenvalue weighted by molar-refractivity contribution is -0.118. The van der Waals surface area contributed by atoms with Crippen molar-refractivity contribution in [1.82, 2.24) is 0 Å². The Balaban J connectivity index is 0.000000173. The summed E-state index contributed by atoms with van der Waals surface area (Å²) in [6.45, 7) is 14.4. The standard InChI is InChI=1S/C21H23ClN2O4S.C21H21ClN2O4S.C20H19ClN2O4S.C19H19ClN2O4S/c1-14(2)9-10-28-20-12-16(22)3-8-19(20)15-11-21(25)24(13-15)17-4-6-18(7-5-17)29(23,26)27;1-2-3-4-11-28-20-13-16(22)5-10-19(20)15-12-21(25)24(14-15)17-6-8-18(9-7-17)29(23,26)27;1-2-3-10-27-19-12-15(21)4-9-18(19)14-11-20(24)23(13-14)16-5-7-17(8-6-16)28(22,25)26;1-2-9-26-18-11-14(20)3-8-17(18)13-10-19(23)22(12-13)15-4-6-16(7-5-15)27(21,24)25/h3-9,12,15H,10-11,13H2,1-2H3,(H2,23,26,27);5-10,13,15H,2,11-12,14H2,1H3,(H2,23,26,27);4-9,12,14H,10-11,13H2,1H3,(H2,22,25,26);2-8,11,13H,1,9-10,12H2,(H2,21,24,25). The normalized spacial score (nSPS) is 16.7. The second-order valence-electron chi connectivity index (χ2n) is 26.4. The summed E-state index contributed by atoms with van der Waals surface area (Å²) in [6, 6.07) is 45.4. The summed E-state index contributed by atoms with van der Waals surface area (Å²) in [6.07, 6.45) is 5.65. The number of nitrogens with two attached hydrogens (primary N) is 4. The first-order valence-electron chi connectivity index (χ1n) is 35.0. The molecule has 0 bridgehead atoms. The van der Waals surface area contributed by atoms with Crippen molar-refractivity contribution in [3.63, 3.8) is 0 Å². The minimum atomic E-state index is -3.78. The first-order valence-corrected chi connectivity index (χ1v) is 42.7. The average molecular weight is 1690 g/mol. The molecule has 4 amide bonds. The van der Waals surface area contributed by atoms with Crippen molar-refractivity contribution in [2.45, 2.75) is 103 Å². The molecule has 4 atom stereocenters. The van der Waals surface area contributed by atoms with E-state index in [1.807, 2.05) is 51.1 Å². The molecule has 0 saturated carbocycles. The van der Waals surface area contributed by atoms with Gasteiger partial charge in [0.05, 0.1) is 19.6 Å². The van der Waals surface area contributed by atoms with E-state index in [1.165, 1.54) is 48.5 Å². The summed E-state index contributed by atoms with van der Waals surface area (Å²) in [7, 11) is -15.1. The van der Waals surface area contributed by atoms with E-state index in [4.69, 9.17) is 85.9 Å². The van der Waals surface area contributed by atoms with Crippen LogP contribution in [0.2, 0.25) is 20.1 Å². The van der Waals surface area contributed by atoms with E-state index in [0.29, 0.717) is 131 Å². The molecule has 594 valence electrons. The molecule has 0 radical (unpaired) electrons. The number of carbonyl (C=O) groups excluding carboxylic acids is 4. The second kappa shape index (κ2) is 38.8. The SMILES string of the molecule is C=CCOc1cc(Cl)ccc1C1CC(=O)N(c2ccc(S(N)(=O)=O)cc2)C1.CC#CCOc1cc(Cl)ccc1C1CC(=O)N(c2ccc(S(N)(=O)=O)cc2)C1.CC(C)=CCOc1cc(Cl)ccc1C1CC(=O)N(c2ccc(S(N)(=O)=O)cc2)C1.CCC#CCOc1cc(Cl)ccc1C1CC(=O)N(c2ccc(S(N)(=O)=O)cc2)C1. The van der Waals surface area contributed by atoms with Crippen LogP contribution < -0.4 is 59.1 Å². The van der Waals surface area contributed by atoms with Gasteiger partial charge in [-0.2, -0.15) is 0 Å². The van der Waals surface area contributed by atoms with Crippen LogP contribution >= 0.6 is 46.4 Å². The fraction of sp³-hybridized carbons (Fsp3) is 0.259. The Morgan fingerprint density at radius 1 is 0.407 bits per heavy atom. The molecule has 32 heteroatoms. The summed E-state index contributed by atoms with van der Waals surface area (Å²) in [4.78, 5) is 56.9. The smallest absolute Gasteiger partial charge is 0.238 e. The summed E-state index contributed by atoms with van der Waals surface area (Å²) in [5, 5.41) is 22.7. The van der Waals surface area contributed by atoms with Crippen molar-refractivity contribution in [3.05, 3.63) is 237 Å². The summed E-state index contributed by atoms with van der Waals surface area (Å²) >= 11 is 24.4. The molecule has 8 aromatic rings. The van der Waals surface area contributed by atoms with Gasteiger partial charge in [-0.25, -0.2) is 54.2 Å². The zero-order chi connectivity index (χ0) is 82.1. The van der Waals surface area contributed by atoms with E-state index in [0.717, 1.165) is 34.2 Å². The van der Waals surface area contributed by atoms with Crippen molar-refractivity contribution in [2.24, 2.45) is 20.6 Å². The van der Waals surface area contributed by atoms with E-state index in [1.54, 1.807) is 130 Å². The van der Waals surface area contributed by atoms with Crippen molar-refractivity contribution in [2.75, 3.05) is 72.2 Å². The Hall–Kier alpha value is -9.76. The van der Waals surface area contributed by atoms with Gasteiger partial charge in [0.15, 0.2) is 0 Å². The van der Waals surface area contributed by atoms with Crippen LogP contribution in [-0.4, -0.2) is 110 Å². The number of ether oxygens (including phenoxy) is 4. The maximum Gasteiger partial charge on any atom is 0.238 e. The van der Waals surface area contributed by atoms with Crippen LogP contribution in [0.4, 0.5) is 22.7 Å².